The van der Waals surface area contributed by atoms with Crippen LogP contribution in [0, 0.1) is 0 Å². The number of ether oxygens (including phenoxy) is 1. The van der Waals surface area contributed by atoms with Crippen LogP contribution in [0.5, 0.6) is 0 Å². The topological polar surface area (TPSA) is 77.0 Å². The van der Waals surface area contributed by atoms with E-state index < -0.39 is 0 Å². The molecule has 6 heteroatoms. The molecule has 1 aromatic carbocycles. The highest BCUT2D eigenvalue weighted by molar-refractivity contribution is 5.94. The highest BCUT2D eigenvalue weighted by Gasteiger charge is 2.18. The van der Waals surface area contributed by atoms with Crippen LogP contribution in [-0.4, -0.2) is 27.5 Å². The van der Waals surface area contributed by atoms with E-state index in [9.17, 15) is 4.79 Å². The molecule has 132 valence electrons. The summed E-state index contributed by atoms with van der Waals surface area (Å²) in [7, 11) is 0. The van der Waals surface area contributed by atoms with Gasteiger partial charge in [0.15, 0.2) is 5.82 Å². The number of para-hydroxylation sites is 1. The molecule has 1 aliphatic heterocycles. The van der Waals surface area contributed by atoms with Crippen LogP contribution in [0.15, 0.2) is 48.8 Å². The third kappa shape index (κ3) is 3.70. The highest BCUT2D eigenvalue weighted by atomic mass is 16.5. The number of aromatic nitrogens is 3. The minimum Gasteiger partial charge on any atom is -0.370 e. The average Bonchev–Trinajstić information content (AvgIpc) is 2.72. The van der Waals surface area contributed by atoms with E-state index in [-0.39, 0.29) is 12.0 Å². The molecule has 6 nitrogen and oxygen atoms in total. The third-order valence-corrected chi connectivity index (χ3v) is 4.48. The Morgan fingerprint density at radius 3 is 2.77 bits per heavy atom. The number of carbonyl (C=O) groups is 1. The molecule has 2 aromatic heterocycles. The molecule has 0 aliphatic carbocycles. The Balaban J connectivity index is 1.38. The van der Waals surface area contributed by atoms with Gasteiger partial charge in [0.1, 0.15) is 11.8 Å². The van der Waals surface area contributed by atoms with Crippen molar-refractivity contribution < 1.29 is 9.53 Å². The van der Waals surface area contributed by atoms with Crippen LogP contribution in [0.2, 0.25) is 0 Å². The van der Waals surface area contributed by atoms with Crippen molar-refractivity contribution >= 4 is 16.8 Å². The van der Waals surface area contributed by atoms with Gasteiger partial charge in [-0.3, -0.25) is 4.79 Å². The van der Waals surface area contributed by atoms with Crippen molar-refractivity contribution in [3.63, 3.8) is 0 Å². The molecule has 3 heterocycles. The standard InChI is InChI=1S/C20H20N4O2/c25-20(17-9-8-15-5-1-2-6-16(15)24-17)23-13-14-11-21-19(22-12-14)18-7-3-4-10-26-18/h1-2,5-6,8-9,11-12,18H,3-4,7,10,13H2,(H,23,25). The van der Waals surface area contributed by atoms with E-state index in [0.717, 1.165) is 48.2 Å². The van der Waals surface area contributed by atoms with Crippen molar-refractivity contribution in [2.45, 2.75) is 31.9 Å². The van der Waals surface area contributed by atoms with Gasteiger partial charge in [0.05, 0.1) is 5.52 Å². The minimum absolute atomic E-state index is 0.00538. The SMILES string of the molecule is O=C(NCc1cnc(C2CCCCO2)nc1)c1ccc2ccccc2n1. The summed E-state index contributed by atoms with van der Waals surface area (Å²) in [6, 6.07) is 11.4. The van der Waals surface area contributed by atoms with Crippen LogP contribution >= 0.6 is 0 Å². The van der Waals surface area contributed by atoms with E-state index in [2.05, 4.69) is 20.3 Å². The number of carbonyl (C=O) groups excluding carboxylic acids is 1. The van der Waals surface area contributed by atoms with Crippen molar-refractivity contribution in [3.05, 3.63) is 65.9 Å². The van der Waals surface area contributed by atoms with Gasteiger partial charge < -0.3 is 10.1 Å². The molecule has 0 spiro atoms. The van der Waals surface area contributed by atoms with Crippen molar-refractivity contribution in [3.8, 4) is 0 Å². The molecule has 1 N–H and O–H groups in total. The first kappa shape index (κ1) is 16.6. The summed E-state index contributed by atoms with van der Waals surface area (Å²) in [6.07, 6.45) is 6.69. The Kier molecular flexibility index (Phi) is 4.84. The molecule has 0 radical (unpaired) electrons. The van der Waals surface area contributed by atoms with Gasteiger partial charge in [0.2, 0.25) is 0 Å². The lowest BCUT2D eigenvalue weighted by Gasteiger charge is -2.21. The van der Waals surface area contributed by atoms with Crippen molar-refractivity contribution in [1.82, 2.24) is 20.3 Å². The lowest BCUT2D eigenvalue weighted by Crippen LogP contribution is -2.24. The molecule has 1 amide bonds. The molecule has 1 saturated heterocycles. The zero-order valence-electron chi connectivity index (χ0n) is 14.4. The van der Waals surface area contributed by atoms with Crippen molar-refractivity contribution in [2.24, 2.45) is 0 Å². The molecule has 4 rings (SSSR count). The van der Waals surface area contributed by atoms with Crippen LogP contribution in [0.3, 0.4) is 0 Å². The summed E-state index contributed by atoms with van der Waals surface area (Å²) in [4.78, 5) is 25.5. The Morgan fingerprint density at radius 1 is 1.12 bits per heavy atom. The fraction of sp³-hybridized carbons (Fsp3) is 0.300. The maximum Gasteiger partial charge on any atom is 0.270 e. The predicted octanol–water partition coefficient (Wildman–Crippen LogP) is 3.20. The van der Waals surface area contributed by atoms with Crippen molar-refractivity contribution in [1.29, 1.82) is 0 Å². The first-order chi connectivity index (χ1) is 12.8. The molecule has 3 aromatic rings. The van der Waals surface area contributed by atoms with E-state index in [1.807, 2.05) is 30.3 Å². The first-order valence-corrected chi connectivity index (χ1v) is 8.86. The monoisotopic (exact) mass is 348 g/mol. The summed E-state index contributed by atoms with van der Waals surface area (Å²) >= 11 is 0. The number of nitrogens with zero attached hydrogens (tertiary/aromatic N) is 3. The van der Waals surface area contributed by atoms with E-state index in [4.69, 9.17) is 4.74 Å². The fourth-order valence-corrected chi connectivity index (χ4v) is 3.03. The zero-order valence-corrected chi connectivity index (χ0v) is 14.4. The van der Waals surface area contributed by atoms with E-state index >= 15 is 0 Å². The second kappa shape index (κ2) is 7.58. The molecule has 1 fully saturated rings. The molecule has 1 atom stereocenters. The van der Waals surface area contributed by atoms with E-state index in [0.29, 0.717) is 12.2 Å². The number of nitrogens with one attached hydrogen (secondary N) is 1. The molecular formula is C20H20N4O2. The zero-order chi connectivity index (χ0) is 17.8. The normalized spacial score (nSPS) is 17.2. The smallest absolute Gasteiger partial charge is 0.270 e. The second-order valence-electron chi connectivity index (χ2n) is 6.38. The first-order valence-electron chi connectivity index (χ1n) is 8.86. The van der Waals surface area contributed by atoms with Crippen LogP contribution in [-0.2, 0) is 11.3 Å². The number of hydrogen-bond acceptors (Lipinski definition) is 5. The molecular weight excluding hydrogens is 328 g/mol. The van der Waals surface area contributed by atoms with Crippen LogP contribution < -0.4 is 5.32 Å². The maximum atomic E-state index is 12.3. The van der Waals surface area contributed by atoms with Gasteiger partial charge in [-0.1, -0.05) is 24.3 Å². The summed E-state index contributed by atoms with van der Waals surface area (Å²) < 4.78 is 5.69. The van der Waals surface area contributed by atoms with Gasteiger partial charge >= 0.3 is 0 Å². The predicted molar refractivity (Wildman–Crippen MR) is 97.5 cm³/mol. The summed E-state index contributed by atoms with van der Waals surface area (Å²) in [5, 5.41) is 3.88. The number of pyridine rings is 1. The fourth-order valence-electron chi connectivity index (χ4n) is 3.03. The Labute approximate surface area is 151 Å². The van der Waals surface area contributed by atoms with Crippen LogP contribution in [0.25, 0.3) is 10.9 Å². The molecule has 0 saturated carbocycles. The average molecular weight is 348 g/mol. The maximum absolute atomic E-state index is 12.3. The molecule has 0 bridgehead atoms. The van der Waals surface area contributed by atoms with Gasteiger partial charge in [-0.25, -0.2) is 15.0 Å². The van der Waals surface area contributed by atoms with Gasteiger partial charge in [-0.2, -0.15) is 0 Å². The Bertz CT molecular complexity index is 905. The number of hydrogen-bond donors (Lipinski definition) is 1. The summed E-state index contributed by atoms with van der Waals surface area (Å²) in [5.41, 5.74) is 2.05. The Morgan fingerprint density at radius 2 is 1.96 bits per heavy atom. The van der Waals surface area contributed by atoms with Gasteiger partial charge in [0, 0.05) is 36.5 Å². The van der Waals surface area contributed by atoms with Gasteiger partial charge in [0.25, 0.3) is 5.91 Å². The number of rotatable bonds is 4. The van der Waals surface area contributed by atoms with Gasteiger partial charge in [-0.15, -0.1) is 0 Å². The quantitative estimate of drug-likeness (QED) is 0.783. The number of benzene rings is 1. The summed E-state index contributed by atoms with van der Waals surface area (Å²) in [5.74, 6) is 0.506. The largest absolute Gasteiger partial charge is 0.370 e. The molecule has 1 aliphatic rings. The highest BCUT2D eigenvalue weighted by Crippen LogP contribution is 2.24. The minimum atomic E-state index is -0.213. The van der Waals surface area contributed by atoms with Gasteiger partial charge in [-0.05, 0) is 31.4 Å². The lowest BCUT2D eigenvalue weighted by atomic mass is 10.1. The molecule has 26 heavy (non-hydrogen) atoms. The lowest BCUT2D eigenvalue weighted by molar-refractivity contribution is 0.00940. The van der Waals surface area contributed by atoms with Crippen molar-refractivity contribution in [2.75, 3.05) is 6.61 Å². The number of fused-ring (bicyclic) bond motifs is 1. The molecule has 1 unspecified atom stereocenters. The van der Waals surface area contributed by atoms with E-state index in [1.54, 1.807) is 18.5 Å². The van der Waals surface area contributed by atoms with Crippen LogP contribution in [0.4, 0.5) is 0 Å². The van der Waals surface area contributed by atoms with E-state index in [1.165, 1.54) is 0 Å². The summed E-state index contributed by atoms with van der Waals surface area (Å²) in [6.45, 7) is 1.13. The van der Waals surface area contributed by atoms with Crippen LogP contribution in [0.1, 0.15) is 47.2 Å². The second-order valence-corrected chi connectivity index (χ2v) is 6.38. The third-order valence-electron chi connectivity index (χ3n) is 4.48. The Hall–Kier alpha value is -2.86. The number of amides is 1.